The van der Waals surface area contributed by atoms with Crippen LogP contribution >= 0.6 is 0 Å². The molecule has 1 fully saturated rings. The SMILES string of the molecule is CN=C(NCc1cccc(OC)c1)NCC1CCN(Cc2ccc(OC)cc2)CC1. The van der Waals surface area contributed by atoms with Gasteiger partial charge in [0, 0.05) is 26.7 Å². The first-order chi connectivity index (χ1) is 14.7. The topological polar surface area (TPSA) is 58.1 Å². The Kier molecular flexibility index (Phi) is 8.39. The summed E-state index contributed by atoms with van der Waals surface area (Å²) >= 11 is 0. The second-order valence-corrected chi connectivity index (χ2v) is 7.73. The van der Waals surface area contributed by atoms with Gasteiger partial charge < -0.3 is 20.1 Å². The van der Waals surface area contributed by atoms with Crippen LogP contribution in [0, 0.1) is 5.92 Å². The van der Waals surface area contributed by atoms with Crippen LogP contribution in [0.4, 0.5) is 0 Å². The van der Waals surface area contributed by atoms with E-state index < -0.39 is 0 Å². The second-order valence-electron chi connectivity index (χ2n) is 7.73. The number of methoxy groups -OCH3 is 2. The van der Waals surface area contributed by atoms with Crippen LogP contribution in [0.25, 0.3) is 0 Å². The lowest BCUT2D eigenvalue weighted by Gasteiger charge is -2.32. The molecule has 30 heavy (non-hydrogen) atoms. The number of rotatable bonds is 8. The summed E-state index contributed by atoms with van der Waals surface area (Å²) in [6, 6.07) is 16.5. The van der Waals surface area contributed by atoms with Crippen molar-refractivity contribution < 1.29 is 9.47 Å². The number of guanidine groups is 1. The largest absolute Gasteiger partial charge is 0.497 e. The molecular formula is C24H34N4O2. The Morgan fingerprint density at radius 3 is 2.37 bits per heavy atom. The maximum absolute atomic E-state index is 5.29. The van der Waals surface area contributed by atoms with E-state index in [1.807, 2.05) is 37.4 Å². The Morgan fingerprint density at radius 2 is 1.70 bits per heavy atom. The average Bonchev–Trinajstić information content (AvgIpc) is 2.81. The summed E-state index contributed by atoms with van der Waals surface area (Å²) in [5.41, 5.74) is 2.51. The minimum Gasteiger partial charge on any atom is -0.497 e. The molecule has 3 rings (SSSR count). The summed E-state index contributed by atoms with van der Waals surface area (Å²) in [4.78, 5) is 6.89. The van der Waals surface area contributed by atoms with Crippen molar-refractivity contribution in [3.05, 3.63) is 59.7 Å². The third-order valence-corrected chi connectivity index (χ3v) is 5.65. The van der Waals surface area contributed by atoms with Gasteiger partial charge in [0.25, 0.3) is 0 Å². The Bertz CT molecular complexity index is 799. The monoisotopic (exact) mass is 410 g/mol. The molecular weight excluding hydrogens is 376 g/mol. The molecule has 2 N–H and O–H groups in total. The van der Waals surface area contributed by atoms with E-state index in [9.17, 15) is 0 Å². The van der Waals surface area contributed by atoms with Crippen molar-refractivity contribution in [2.45, 2.75) is 25.9 Å². The second kappa shape index (κ2) is 11.5. The summed E-state index contributed by atoms with van der Waals surface area (Å²) in [5, 5.41) is 6.88. The molecule has 0 spiro atoms. The number of ether oxygens (including phenoxy) is 2. The predicted octanol–water partition coefficient (Wildman–Crippen LogP) is 3.28. The van der Waals surface area contributed by atoms with Gasteiger partial charge in [0.15, 0.2) is 5.96 Å². The minimum absolute atomic E-state index is 0.674. The molecule has 0 aromatic heterocycles. The molecule has 0 amide bonds. The molecule has 6 nitrogen and oxygen atoms in total. The lowest BCUT2D eigenvalue weighted by atomic mass is 9.96. The van der Waals surface area contributed by atoms with Gasteiger partial charge in [0.05, 0.1) is 14.2 Å². The van der Waals surface area contributed by atoms with E-state index in [0.717, 1.165) is 50.2 Å². The molecule has 1 aliphatic heterocycles. The van der Waals surface area contributed by atoms with E-state index >= 15 is 0 Å². The molecule has 6 heteroatoms. The van der Waals surface area contributed by atoms with Gasteiger partial charge in [-0.1, -0.05) is 24.3 Å². The first-order valence-electron chi connectivity index (χ1n) is 10.6. The first-order valence-corrected chi connectivity index (χ1v) is 10.6. The number of nitrogens with one attached hydrogen (secondary N) is 2. The molecule has 2 aromatic carbocycles. The molecule has 0 aliphatic carbocycles. The molecule has 162 valence electrons. The van der Waals surface area contributed by atoms with E-state index in [2.05, 4.69) is 38.7 Å². The molecule has 0 radical (unpaired) electrons. The third-order valence-electron chi connectivity index (χ3n) is 5.65. The van der Waals surface area contributed by atoms with Crippen LogP contribution in [0.3, 0.4) is 0 Å². The number of piperidine rings is 1. The van der Waals surface area contributed by atoms with E-state index in [4.69, 9.17) is 9.47 Å². The van der Waals surface area contributed by atoms with Crippen LogP contribution in [0.2, 0.25) is 0 Å². The molecule has 0 unspecified atom stereocenters. The summed E-state index contributed by atoms with van der Waals surface area (Å²) < 4.78 is 10.5. The number of hydrogen-bond acceptors (Lipinski definition) is 4. The van der Waals surface area contributed by atoms with E-state index in [1.165, 1.54) is 24.0 Å². The zero-order valence-electron chi connectivity index (χ0n) is 18.4. The van der Waals surface area contributed by atoms with Gasteiger partial charge in [-0.05, 0) is 67.2 Å². The van der Waals surface area contributed by atoms with Crippen molar-refractivity contribution in [2.24, 2.45) is 10.9 Å². The summed E-state index contributed by atoms with van der Waals surface area (Å²) in [6.45, 7) is 4.95. The molecule has 2 aromatic rings. The maximum atomic E-state index is 5.29. The van der Waals surface area contributed by atoms with Crippen molar-refractivity contribution in [1.82, 2.24) is 15.5 Å². The van der Waals surface area contributed by atoms with Crippen LogP contribution in [0.1, 0.15) is 24.0 Å². The summed E-state index contributed by atoms with van der Waals surface area (Å²) in [7, 11) is 5.21. The van der Waals surface area contributed by atoms with Crippen LogP contribution in [0.15, 0.2) is 53.5 Å². The molecule has 1 aliphatic rings. The number of likely N-dealkylation sites (tertiary alicyclic amines) is 1. The fourth-order valence-electron chi connectivity index (χ4n) is 3.77. The van der Waals surface area contributed by atoms with E-state index in [1.54, 1.807) is 14.2 Å². The fourth-order valence-corrected chi connectivity index (χ4v) is 3.77. The van der Waals surface area contributed by atoms with E-state index in [-0.39, 0.29) is 0 Å². The summed E-state index contributed by atoms with van der Waals surface area (Å²) in [6.07, 6.45) is 2.41. The standard InChI is InChI=1S/C24H34N4O2/c1-25-24(27-17-21-5-4-6-23(15-21)30-3)26-16-19-11-13-28(14-12-19)18-20-7-9-22(29-2)10-8-20/h4-10,15,19H,11-14,16-18H2,1-3H3,(H2,25,26,27). The van der Waals surface area contributed by atoms with Gasteiger partial charge in [-0.25, -0.2) is 0 Å². The highest BCUT2D eigenvalue weighted by molar-refractivity contribution is 5.79. The smallest absolute Gasteiger partial charge is 0.191 e. The van der Waals surface area contributed by atoms with Crippen LogP contribution in [0.5, 0.6) is 11.5 Å². The molecule has 0 atom stereocenters. The van der Waals surface area contributed by atoms with Crippen molar-refractivity contribution in [2.75, 3.05) is 40.9 Å². The lowest BCUT2D eigenvalue weighted by Crippen LogP contribution is -2.42. The minimum atomic E-state index is 0.674. The Hall–Kier alpha value is -2.73. The summed E-state index contributed by atoms with van der Waals surface area (Å²) in [5.74, 6) is 3.31. The highest BCUT2D eigenvalue weighted by atomic mass is 16.5. The highest BCUT2D eigenvalue weighted by Gasteiger charge is 2.19. The Balaban J connectivity index is 1.37. The zero-order valence-corrected chi connectivity index (χ0v) is 18.4. The number of hydrogen-bond donors (Lipinski definition) is 2. The maximum Gasteiger partial charge on any atom is 0.191 e. The van der Waals surface area contributed by atoms with Crippen molar-refractivity contribution in [3.8, 4) is 11.5 Å². The Morgan fingerprint density at radius 1 is 0.967 bits per heavy atom. The van der Waals surface area contributed by atoms with E-state index in [0.29, 0.717) is 5.92 Å². The number of benzene rings is 2. The van der Waals surface area contributed by atoms with Crippen molar-refractivity contribution >= 4 is 5.96 Å². The van der Waals surface area contributed by atoms with Gasteiger partial charge in [0.1, 0.15) is 11.5 Å². The van der Waals surface area contributed by atoms with Gasteiger partial charge in [-0.2, -0.15) is 0 Å². The van der Waals surface area contributed by atoms with Gasteiger partial charge in [-0.3, -0.25) is 9.89 Å². The van der Waals surface area contributed by atoms with Crippen molar-refractivity contribution in [3.63, 3.8) is 0 Å². The van der Waals surface area contributed by atoms with Gasteiger partial charge >= 0.3 is 0 Å². The van der Waals surface area contributed by atoms with Crippen LogP contribution in [-0.4, -0.2) is 51.8 Å². The first kappa shape index (κ1) is 22.0. The quantitative estimate of drug-likeness (QED) is 0.517. The zero-order chi connectivity index (χ0) is 21.2. The molecule has 1 heterocycles. The van der Waals surface area contributed by atoms with Crippen molar-refractivity contribution in [1.29, 1.82) is 0 Å². The normalized spacial score (nSPS) is 15.6. The number of nitrogens with zero attached hydrogens (tertiary/aromatic N) is 2. The highest BCUT2D eigenvalue weighted by Crippen LogP contribution is 2.19. The lowest BCUT2D eigenvalue weighted by molar-refractivity contribution is 0.178. The van der Waals surface area contributed by atoms with Gasteiger partial charge in [-0.15, -0.1) is 0 Å². The average molecular weight is 411 g/mol. The Labute approximate surface area is 180 Å². The third kappa shape index (κ3) is 6.66. The molecule has 0 saturated carbocycles. The van der Waals surface area contributed by atoms with Gasteiger partial charge in [0.2, 0.25) is 0 Å². The molecule has 1 saturated heterocycles. The number of aliphatic imine (C=N–C) groups is 1. The van der Waals surface area contributed by atoms with Crippen LogP contribution in [-0.2, 0) is 13.1 Å². The fraction of sp³-hybridized carbons (Fsp3) is 0.458. The van der Waals surface area contributed by atoms with Crippen LogP contribution < -0.4 is 20.1 Å². The predicted molar refractivity (Wildman–Crippen MR) is 122 cm³/mol. The molecule has 0 bridgehead atoms.